The summed E-state index contributed by atoms with van der Waals surface area (Å²) in [6.45, 7) is 3.69. The van der Waals surface area contributed by atoms with Gasteiger partial charge in [-0.15, -0.1) is 0 Å². The van der Waals surface area contributed by atoms with Gasteiger partial charge in [0.2, 0.25) is 0 Å². The van der Waals surface area contributed by atoms with Crippen LogP contribution in [0, 0.1) is 5.92 Å². The summed E-state index contributed by atoms with van der Waals surface area (Å²) in [7, 11) is 0. The van der Waals surface area contributed by atoms with Gasteiger partial charge in [-0.25, -0.2) is 9.97 Å². The highest BCUT2D eigenvalue weighted by atomic mass is 16.2. The molecule has 0 radical (unpaired) electrons. The lowest BCUT2D eigenvalue weighted by molar-refractivity contribution is 0.0385. The Kier molecular flexibility index (Phi) is 4.36. The molecule has 0 unspecified atom stereocenters. The van der Waals surface area contributed by atoms with E-state index in [9.17, 15) is 4.79 Å². The highest BCUT2D eigenvalue weighted by Crippen LogP contribution is 2.35. The van der Waals surface area contributed by atoms with E-state index >= 15 is 0 Å². The number of likely N-dealkylation sites (tertiary alicyclic amines) is 1. The normalized spacial score (nSPS) is 25.3. The van der Waals surface area contributed by atoms with Gasteiger partial charge in [0.25, 0.3) is 5.91 Å². The topological polar surface area (TPSA) is 58.1 Å². The average Bonchev–Trinajstić information content (AvgIpc) is 2.55. The number of amides is 1. The molecule has 5 heteroatoms. The Morgan fingerprint density at radius 3 is 2.81 bits per heavy atom. The fourth-order valence-corrected chi connectivity index (χ4v) is 3.73. The van der Waals surface area contributed by atoms with E-state index in [1.54, 1.807) is 12.4 Å². The summed E-state index contributed by atoms with van der Waals surface area (Å²) in [6.07, 6.45) is 10.6. The molecule has 1 aromatic heterocycles. The zero-order valence-electron chi connectivity index (χ0n) is 12.7. The minimum atomic E-state index is 0.0575. The molecule has 0 spiro atoms. The summed E-state index contributed by atoms with van der Waals surface area (Å²) >= 11 is 0. The number of hydrogen-bond acceptors (Lipinski definition) is 4. The van der Waals surface area contributed by atoms with Gasteiger partial charge >= 0.3 is 0 Å². The lowest BCUT2D eigenvalue weighted by atomic mass is 9.78. The number of nitrogens with one attached hydrogen (secondary N) is 1. The number of rotatable bonds is 3. The van der Waals surface area contributed by atoms with E-state index in [2.05, 4.69) is 20.2 Å². The second kappa shape index (κ2) is 6.41. The minimum Gasteiger partial charge on any atom is -0.369 e. The maximum Gasteiger partial charge on any atom is 0.274 e. The lowest BCUT2D eigenvalue weighted by Crippen LogP contribution is -2.49. The van der Waals surface area contributed by atoms with Crippen molar-refractivity contribution >= 4 is 11.7 Å². The van der Waals surface area contributed by atoms with Crippen LogP contribution in [0.25, 0.3) is 0 Å². The number of aromatic nitrogens is 2. The second-order valence-electron chi connectivity index (χ2n) is 6.07. The number of nitrogens with zero attached hydrogens (tertiary/aromatic N) is 3. The van der Waals surface area contributed by atoms with Gasteiger partial charge in [0, 0.05) is 19.1 Å². The van der Waals surface area contributed by atoms with Crippen LogP contribution in [0.4, 0.5) is 5.82 Å². The summed E-state index contributed by atoms with van der Waals surface area (Å²) in [5.41, 5.74) is 0.475. The molecule has 2 fully saturated rings. The molecule has 0 bridgehead atoms. The van der Waals surface area contributed by atoms with Crippen molar-refractivity contribution in [3.05, 3.63) is 18.1 Å². The molecule has 2 atom stereocenters. The van der Waals surface area contributed by atoms with Crippen LogP contribution in [-0.4, -0.2) is 39.9 Å². The van der Waals surface area contributed by atoms with Gasteiger partial charge in [-0.1, -0.05) is 12.8 Å². The first-order valence-electron chi connectivity index (χ1n) is 8.16. The SMILES string of the molecule is CCNc1cnc(C(=O)N2CCC[C@H]3CCCC[C@H]32)cn1. The number of carbonyl (C=O) groups excluding carboxylic acids is 1. The molecule has 5 nitrogen and oxygen atoms in total. The van der Waals surface area contributed by atoms with Crippen molar-refractivity contribution in [1.82, 2.24) is 14.9 Å². The standard InChI is InChI=1S/C16H24N4O/c1-2-17-15-11-18-13(10-19-15)16(21)20-9-5-7-12-6-3-4-8-14(12)20/h10-12,14H,2-9H2,1H3,(H,17,19)/t12-,14-/m1/s1. The van der Waals surface area contributed by atoms with Gasteiger partial charge in [0.1, 0.15) is 11.5 Å². The van der Waals surface area contributed by atoms with E-state index < -0.39 is 0 Å². The Labute approximate surface area is 126 Å². The van der Waals surface area contributed by atoms with Crippen LogP contribution in [-0.2, 0) is 0 Å². The van der Waals surface area contributed by atoms with Crippen LogP contribution in [0.5, 0.6) is 0 Å². The predicted octanol–water partition coefficient (Wildman–Crippen LogP) is 2.70. The first-order chi connectivity index (χ1) is 10.3. The van der Waals surface area contributed by atoms with Crippen molar-refractivity contribution < 1.29 is 4.79 Å². The van der Waals surface area contributed by atoms with E-state index in [1.165, 1.54) is 25.7 Å². The second-order valence-corrected chi connectivity index (χ2v) is 6.07. The predicted molar refractivity (Wildman–Crippen MR) is 82.2 cm³/mol. The van der Waals surface area contributed by atoms with Gasteiger partial charge in [0.15, 0.2) is 0 Å². The molecule has 1 saturated carbocycles. The van der Waals surface area contributed by atoms with Crippen LogP contribution in [0.1, 0.15) is 55.9 Å². The van der Waals surface area contributed by atoms with Crippen LogP contribution >= 0.6 is 0 Å². The molecule has 1 N–H and O–H groups in total. The number of fused-ring (bicyclic) bond motifs is 1. The third kappa shape index (κ3) is 3.01. The van der Waals surface area contributed by atoms with Crippen molar-refractivity contribution in [1.29, 1.82) is 0 Å². The zero-order chi connectivity index (χ0) is 14.7. The molecular formula is C16H24N4O. The van der Waals surface area contributed by atoms with Crippen LogP contribution < -0.4 is 5.32 Å². The largest absolute Gasteiger partial charge is 0.369 e. The zero-order valence-corrected chi connectivity index (χ0v) is 12.7. The number of piperidine rings is 1. The monoisotopic (exact) mass is 288 g/mol. The summed E-state index contributed by atoms with van der Waals surface area (Å²) < 4.78 is 0. The first kappa shape index (κ1) is 14.3. The Bertz CT molecular complexity index is 486. The van der Waals surface area contributed by atoms with E-state index in [4.69, 9.17) is 0 Å². The van der Waals surface area contributed by atoms with Crippen molar-refractivity contribution in [2.45, 2.75) is 51.5 Å². The Hall–Kier alpha value is -1.65. The summed E-state index contributed by atoms with van der Waals surface area (Å²) in [5.74, 6) is 1.48. The first-order valence-corrected chi connectivity index (χ1v) is 8.16. The highest BCUT2D eigenvalue weighted by molar-refractivity contribution is 5.92. The molecule has 1 aliphatic carbocycles. The molecule has 114 valence electrons. The summed E-state index contributed by atoms with van der Waals surface area (Å²) in [6, 6.07) is 0.426. The molecule has 1 amide bonds. The van der Waals surface area contributed by atoms with Gasteiger partial charge in [-0.2, -0.15) is 0 Å². The fraction of sp³-hybridized carbons (Fsp3) is 0.688. The van der Waals surface area contributed by atoms with Gasteiger partial charge in [-0.05, 0) is 38.5 Å². The van der Waals surface area contributed by atoms with Crippen molar-refractivity contribution in [3.8, 4) is 0 Å². The molecule has 3 rings (SSSR count). The van der Waals surface area contributed by atoms with Gasteiger partial charge in [0.05, 0.1) is 12.4 Å². The van der Waals surface area contributed by atoms with Gasteiger partial charge < -0.3 is 10.2 Å². The third-order valence-corrected chi connectivity index (χ3v) is 4.73. The minimum absolute atomic E-state index is 0.0575. The Balaban J connectivity index is 1.73. The van der Waals surface area contributed by atoms with E-state index in [-0.39, 0.29) is 5.91 Å². The molecule has 1 aliphatic heterocycles. The Morgan fingerprint density at radius 2 is 2.05 bits per heavy atom. The maximum atomic E-state index is 12.7. The smallest absolute Gasteiger partial charge is 0.274 e. The van der Waals surface area contributed by atoms with Crippen molar-refractivity contribution in [2.24, 2.45) is 5.92 Å². The Morgan fingerprint density at radius 1 is 1.24 bits per heavy atom. The molecule has 2 aliphatic rings. The maximum absolute atomic E-state index is 12.7. The van der Waals surface area contributed by atoms with E-state index in [0.29, 0.717) is 17.7 Å². The van der Waals surface area contributed by atoms with Crippen LogP contribution in [0.2, 0.25) is 0 Å². The highest BCUT2D eigenvalue weighted by Gasteiger charge is 2.36. The van der Waals surface area contributed by atoms with E-state index in [0.717, 1.165) is 31.7 Å². The average molecular weight is 288 g/mol. The third-order valence-electron chi connectivity index (χ3n) is 4.73. The van der Waals surface area contributed by atoms with Crippen molar-refractivity contribution in [3.63, 3.8) is 0 Å². The molecular weight excluding hydrogens is 264 g/mol. The van der Waals surface area contributed by atoms with Crippen molar-refractivity contribution in [2.75, 3.05) is 18.4 Å². The quantitative estimate of drug-likeness (QED) is 0.929. The molecule has 0 aromatic carbocycles. The summed E-state index contributed by atoms with van der Waals surface area (Å²) in [4.78, 5) is 23.3. The lowest BCUT2D eigenvalue weighted by Gasteiger charge is -2.43. The van der Waals surface area contributed by atoms with E-state index in [1.807, 2.05) is 6.92 Å². The van der Waals surface area contributed by atoms with Gasteiger partial charge in [-0.3, -0.25) is 4.79 Å². The molecule has 1 aromatic rings. The summed E-state index contributed by atoms with van der Waals surface area (Å²) in [5, 5.41) is 3.10. The molecule has 1 saturated heterocycles. The van der Waals surface area contributed by atoms with Crippen LogP contribution in [0.3, 0.4) is 0 Å². The van der Waals surface area contributed by atoms with Crippen LogP contribution in [0.15, 0.2) is 12.4 Å². The number of hydrogen-bond donors (Lipinski definition) is 1. The molecule has 2 heterocycles. The number of anilines is 1. The molecule has 21 heavy (non-hydrogen) atoms. The number of carbonyl (C=O) groups is 1. The fourth-order valence-electron chi connectivity index (χ4n) is 3.73.